The number of likely N-dealkylation sites (N-methyl/N-ethyl adjacent to an activating group) is 1. The van der Waals surface area contributed by atoms with Crippen LogP contribution in [0.5, 0.6) is 0 Å². The van der Waals surface area contributed by atoms with Crippen molar-refractivity contribution < 1.29 is 0 Å². The van der Waals surface area contributed by atoms with Crippen LogP contribution in [0.25, 0.3) is 0 Å². The van der Waals surface area contributed by atoms with E-state index in [0.717, 1.165) is 12.3 Å². The number of hydrogen-bond acceptors (Lipinski definition) is 3. The molecule has 21 heavy (non-hydrogen) atoms. The van der Waals surface area contributed by atoms with E-state index in [9.17, 15) is 0 Å². The standard InChI is InChI=1S/C18H32N2S/c1-18(2,3)16-13-21-17(20-16)12-15(19-4)11-14-9-7-5-6-8-10-14/h13-15,19H,5-12H2,1-4H3. The number of rotatable bonds is 5. The molecule has 0 saturated heterocycles. The van der Waals surface area contributed by atoms with E-state index >= 15 is 0 Å². The summed E-state index contributed by atoms with van der Waals surface area (Å²) in [7, 11) is 2.11. The Morgan fingerprint density at radius 2 is 1.90 bits per heavy atom. The lowest BCUT2D eigenvalue weighted by molar-refractivity contribution is 0.361. The molecule has 1 saturated carbocycles. The topological polar surface area (TPSA) is 24.9 Å². The van der Waals surface area contributed by atoms with Crippen LogP contribution in [0.4, 0.5) is 0 Å². The van der Waals surface area contributed by atoms with Crippen molar-refractivity contribution in [1.82, 2.24) is 10.3 Å². The summed E-state index contributed by atoms with van der Waals surface area (Å²) >= 11 is 1.84. The first-order valence-corrected chi connectivity index (χ1v) is 9.49. The van der Waals surface area contributed by atoms with Crippen LogP contribution in [0.2, 0.25) is 0 Å². The zero-order chi connectivity index (χ0) is 15.3. The largest absolute Gasteiger partial charge is 0.317 e. The second-order valence-corrected chi connectivity index (χ2v) is 8.60. The van der Waals surface area contributed by atoms with Crippen LogP contribution in [0.15, 0.2) is 5.38 Å². The molecule has 1 fully saturated rings. The van der Waals surface area contributed by atoms with Crippen LogP contribution < -0.4 is 5.32 Å². The maximum atomic E-state index is 4.86. The fourth-order valence-corrected chi connectivity index (χ4v) is 4.37. The molecule has 1 aromatic heterocycles. The fourth-order valence-electron chi connectivity index (χ4n) is 3.27. The Morgan fingerprint density at radius 3 is 2.43 bits per heavy atom. The molecule has 0 spiro atoms. The molecule has 3 heteroatoms. The number of thiazole rings is 1. The van der Waals surface area contributed by atoms with Gasteiger partial charge in [0.1, 0.15) is 0 Å². The molecule has 1 aliphatic rings. The van der Waals surface area contributed by atoms with Crippen molar-refractivity contribution in [2.45, 2.75) is 83.6 Å². The average molecular weight is 309 g/mol. The van der Waals surface area contributed by atoms with Gasteiger partial charge in [-0.1, -0.05) is 59.3 Å². The summed E-state index contributed by atoms with van der Waals surface area (Å²) in [5.41, 5.74) is 1.41. The van der Waals surface area contributed by atoms with Crippen molar-refractivity contribution in [2.24, 2.45) is 5.92 Å². The van der Waals surface area contributed by atoms with Crippen molar-refractivity contribution in [3.05, 3.63) is 16.1 Å². The molecule has 1 unspecified atom stereocenters. The number of nitrogens with zero attached hydrogens (tertiary/aromatic N) is 1. The van der Waals surface area contributed by atoms with E-state index in [-0.39, 0.29) is 5.41 Å². The third-order valence-electron chi connectivity index (χ3n) is 4.74. The molecule has 1 atom stereocenters. The predicted octanol–water partition coefficient (Wildman–Crippen LogP) is 4.93. The Balaban J connectivity index is 1.90. The number of nitrogens with one attached hydrogen (secondary N) is 1. The Bertz CT molecular complexity index is 411. The second-order valence-electron chi connectivity index (χ2n) is 7.66. The summed E-state index contributed by atoms with van der Waals surface area (Å²) in [6.45, 7) is 6.73. The van der Waals surface area contributed by atoms with Gasteiger partial charge in [-0.3, -0.25) is 0 Å². The minimum Gasteiger partial charge on any atom is -0.317 e. The molecule has 1 N–H and O–H groups in total. The maximum Gasteiger partial charge on any atom is 0.0944 e. The Kier molecular flexibility index (Phi) is 6.24. The van der Waals surface area contributed by atoms with E-state index < -0.39 is 0 Å². The van der Waals surface area contributed by atoms with Crippen molar-refractivity contribution in [1.29, 1.82) is 0 Å². The quantitative estimate of drug-likeness (QED) is 0.780. The van der Waals surface area contributed by atoms with Crippen LogP contribution in [-0.2, 0) is 11.8 Å². The highest BCUT2D eigenvalue weighted by Gasteiger charge is 2.21. The van der Waals surface area contributed by atoms with Gasteiger partial charge in [0.2, 0.25) is 0 Å². The van der Waals surface area contributed by atoms with E-state index in [2.05, 4.69) is 38.5 Å². The van der Waals surface area contributed by atoms with Gasteiger partial charge in [0.15, 0.2) is 0 Å². The molecule has 1 aliphatic carbocycles. The van der Waals surface area contributed by atoms with Crippen LogP contribution in [0.3, 0.4) is 0 Å². The minimum atomic E-state index is 0.172. The molecule has 2 rings (SSSR count). The first-order chi connectivity index (χ1) is 9.99. The highest BCUT2D eigenvalue weighted by atomic mass is 32.1. The minimum absolute atomic E-state index is 0.172. The second kappa shape index (κ2) is 7.73. The fraction of sp³-hybridized carbons (Fsp3) is 0.833. The van der Waals surface area contributed by atoms with E-state index in [4.69, 9.17) is 4.98 Å². The number of hydrogen-bond donors (Lipinski definition) is 1. The van der Waals surface area contributed by atoms with Crippen molar-refractivity contribution in [3.8, 4) is 0 Å². The lowest BCUT2D eigenvalue weighted by atomic mass is 9.91. The normalized spacial score (nSPS) is 19.4. The maximum absolute atomic E-state index is 4.86. The Labute approximate surface area is 134 Å². The highest BCUT2D eigenvalue weighted by Crippen LogP contribution is 2.28. The molecule has 0 bridgehead atoms. The molecule has 1 heterocycles. The lowest BCUT2D eigenvalue weighted by Gasteiger charge is -2.21. The molecule has 0 radical (unpaired) electrons. The van der Waals surface area contributed by atoms with Gasteiger partial charge in [-0.25, -0.2) is 4.98 Å². The highest BCUT2D eigenvalue weighted by molar-refractivity contribution is 7.09. The van der Waals surface area contributed by atoms with Gasteiger partial charge >= 0.3 is 0 Å². The summed E-state index contributed by atoms with van der Waals surface area (Å²) in [5.74, 6) is 0.923. The lowest BCUT2D eigenvalue weighted by Crippen LogP contribution is -2.30. The first-order valence-electron chi connectivity index (χ1n) is 8.61. The molecule has 2 nitrogen and oxygen atoms in total. The third kappa shape index (κ3) is 5.37. The van der Waals surface area contributed by atoms with Crippen molar-refractivity contribution in [3.63, 3.8) is 0 Å². The van der Waals surface area contributed by atoms with Gasteiger partial charge in [-0.2, -0.15) is 0 Å². The molecule has 1 aromatic rings. The zero-order valence-electron chi connectivity index (χ0n) is 14.2. The average Bonchev–Trinajstić information content (AvgIpc) is 2.75. The smallest absolute Gasteiger partial charge is 0.0944 e. The van der Waals surface area contributed by atoms with Crippen molar-refractivity contribution >= 4 is 11.3 Å². The van der Waals surface area contributed by atoms with Crippen LogP contribution in [-0.4, -0.2) is 18.1 Å². The summed E-state index contributed by atoms with van der Waals surface area (Å²) in [6.07, 6.45) is 11.0. The van der Waals surface area contributed by atoms with Gasteiger partial charge in [0.05, 0.1) is 10.7 Å². The first kappa shape index (κ1) is 17.0. The van der Waals surface area contributed by atoms with Crippen LogP contribution >= 0.6 is 11.3 Å². The van der Waals surface area contributed by atoms with Gasteiger partial charge in [0, 0.05) is 23.3 Å². The summed E-state index contributed by atoms with van der Waals surface area (Å²) < 4.78 is 0. The molecule has 0 aliphatic heterocycles. The van der Waals surface area contributed by atoms with Gasteiger partial charge in [-0.15, -0.1) is 11.3 Å². The van der Waals surface area contributed by atoms with Crippen molar-refractivity contribution in [2.75, 3.05) is 7.05 Å². The predicted molar refractivity (Wildman–Crippen MR) is 93.2 cm³/mol. The summed E-state index contributed by atoms with van der Waals surface area (Å²) in [5, 5.41) is 7.08. The summed E-state index contributed by atoms with van der Waals surface area (Å²) in [6, 6.07) is 0.590. The molecular formula is C18H32N2S. The Hall–Kier alpha value is -0.410. The molecule has 0 amide bonds. The monoisotopic (exact) mass is 308 g/mol. The molecular weight excluding hydrogens is 276 g/mol. The third-order valence-corrected chi connectivity index (χ3v) is 5.61. The van der Waals surface area contributed by atoms with Gasteiger partial charge in [-0.05, 0) is 19.4 Å². The molecule has 0 aromatic carbocycles. The number of aromatic nitrogens is 1. The van der Waals surface area contributed by atoms with E-state index in [1.807, 2.05) is 11.3 Å². The zero-order valence-corrected chi connectivity index (χ0v) is 15.1. The Morgan fingerprint density at radius 1 is 1.24 bits per heavy atom. The van der Waals surface area contributed by atoms with E-state index in [0.29, 0.717) is 6.04 Å². The van der Waals surface area contributed by atoms with Gasteiger partial charge in [0.25, 0.3) is 0 Å². The van der Waals surface area contributed by atoms with Gasteiger partial charge < -0.3 is 5.32 Å². The summed E-state index contributed by atoms with van der Waals surface area (Å²) in [4.78, 5) is 4.86. The van der Waals surface area contributed by atoms with Crippen LogP contribution in [0, 0.1) is 5.92 Å². The molecule has 120 valence electrons. The van der Waals surface area contributed by atoms with E-state index in [1.165, 1.54) is 55.6 Å². The van der Waals surface area contributed by atoms with Crippen LogP contribution in [0.1, 0.15) is 76.4 Å². The SMILES string of the molecule is CNC(Cc1nc(C(C)(C)C)cs1)CC1CCCCCC1. The van der Waals surface area contributed by atoms with E-state index in [1.54, 1.807) is 0 Å².